The van der Waals surface area contributed by atoms with E-state index in [1.165, 1.54) is 35.4 Å². The number of carbonyl (C=O) groups excluding carboxylic acids is 6. The Kier molecular flexibility index (Phi) is 25.9. The lowest BCUT2D eigenvalue weighted by Gasteiger charge is -2.29. The Labute approximate surface area is 581 Å². The molecule has 0 spiro atoms. The number of aromatic nitrogens is 6. The largest absolute Gasteiger partial charge is 0.459 e. The number of hydrogen-bond acceptors (Lipinski definition) is 14. The summed E-state index contributed by atoms with van der Waals surface area (Å²) in [5.74, 6) is -2.54. The first kappa shape index (κ1) is 74.8. The summed E-state index contributed by atoms with van der Waals surface area (Å²) in [6.07, 6.45) is 9.24. The summed E-state index contributed by atoms with van der Waals surface area (Å²) in [6.45, 7) is 24.6. The van der Waals surface area contributed by atoms with Crippen LogP contribution in [0.5, 0.6) is 0 Å². The number of fused-ring (bicyclic) bond motifs is 7. The Hall–Kier alpha value is -6.23. The summed E-state index contributed by atoms with van der Waals surface area (Å²) >= 11 is 49.7. The molecule has 10 rings (SSSR count). The quantitative estimate of drug-likeness (QED) is 0.0265. The van der Waals surface area contributed by atoms with Crippen LogP contribution < -0.4 is 11.1 Å². The lowest BCUT2D eigenvalue weighted by Crippen LogP contribution is -2.37. The Balaban J connectivity index is 0.000000198. The van der Waals surface area contributed by atoms with Gasteiger partial charge in [-0.15, -0.1) is 0 Å². The highest BCUT2D eigenvalue weighted by Gasteiger charge is 2.39. The average Bonchev–Trinajstić information content (AvgIpc) is 1.60. The highest BCUT2D eigenvalue weighted by molar-refractivity contribution is 9.09. The molecule has 0 saturated heterocycles. The van der Waals surface area contributed by atoms with Crippen molar-refractivity contribution in [3.63, 3.8) is 0 Å². The minimum absolute atomic E-state index is 0.0263. The number of pyridine rings is 3. The Morgan fingerprint density at radius 3 is 1.57 bits per heavy atom. The number of carbonyl (C=O) groups is 6. The van der Waals surface area contributed by atoms with E-state index in [2.05, 4.69) is 83.6 Å². The molecule has 0 unspecified atom stereocenters. The molecule has 0 saturated carbocycles. The number of rotatable bonds is 11. The number of H-pyrrole nitrogens is 3. The number of hydrogen-bond donors (Lipinski definition) is 5. The van der Waals surface area contributed by atoms with Crippen molar-refractivity contribution in [3.8, 4) is 0 Å². The van der Waals surface area contributed by atoms with E-state index in [0.717, 1.165) is 49.8 Å². The maximum absolute atomic E-state index is 13.5. The molecule has 0 aliphatic carbocycles. The van der Waals surface area contributed by atoms with Gasteiger partial charge in [0.05, 0.1) is 81.3 Å². The predicted octanol–water partition coefficient (Wildman–Crippen LogP) is 16.4. The summed E-state index contributed by atoms with van der Waals surface area (Å²) in [7, 11) is 0. The third-order valence-electron chi connectivity index (χ3n) is 13.9. The molecule has 1 amide bonds. The molecule has 2 aromatic carbocycles. The number of esters is 3. The van der Waals surface area contributed by atoms with Crippen molar-refractivity contribution in [2.75, 3.05) is 25.0 Å². The molecule has 0 atom stereocenters. The van der Waals surface area contributed by atoms with Gasteiger partial charge in [0.2, 0.25) is 0 Å². The van der Waals surface area contributed by atoms with E-state index in [0.29, 0.717) is 71.3 Å². The molecule has 8 heterocycles. The Morgan fingerprint density at radius 2 is 1.09 bits per heavy atom. The topological polar surface area (TPSA) is 257 Å². The van der Waals surface area contributed by atoms with Gasteiger partial charge < -0.3 is 45.1 Å². The molecule has 2 aliphatic heterocycles. The highest BCUT2D eigenvalue weighted by Crippen LogP contribution is 2.42. The van der Waals surface area contributed by atoms with Gasteiger partial charge in [-0.05, 0) is 124 Å². The van der Waals surface area contributed by atoms with Crippen molar-refractivity contribution in [1.82, 2.24) is 40.1 Å². The number of nitrogens with zero attached hydrogens (tertiary/aromatic N) is 4. The zero-order chi connectivity index (χ0) is 68.5. The molecule has 490 valence electrons. The standard InChI is InChI=1S/C24H22Cl3N3O3.C17H20ClN3O2.C11H14ClN3.C7H3Cl3O.C6H9BrO3/c1-12(2)33-23(32)16-10-30(22(31)13-5-6-17(26)18(27)7-13)11-24(3,4)19-15-8-14(25)9-28-21(15)29-20(16)19;1-9(2)23-16(22)12-7-19-8-17(3,4)13-11-5-10(18)6-20-15(11)21-14(12)13;1-11(2,6-13)9-5-15-10-8(9)3-7(12)4-14-10;8-5-2-1-4(7(10)11)3-6(5)9;1-4(2)10-6(9)5(8)3-7/h5-10,12H,11H2,1-4H3,(H,28,29);5-7,9,19H,8H2,1-4H3,(H,20,21);3-5H,6,13H2,1-2H3,(H,14,15);1-3H;4H,3H2,1-2H3. The number of nitrogens with two attached hydrogens (primary N) is 1. The number of Topliss-reactive ketones (excluding diaryl/α,β-unsaturated/α-hetero) is 1. The average molecular weight is 1480 g/mol. The lowest BCUT2D eigenvalue weighted by atomic mass is 9.82. The van der Waals surface area contributed by atoms with Crippen molar-refractivity contribution in [2.24, 2.45) is 5.73 Å². The molecule has 8 aromatic rings. The number of ketones is 1. The summed E-state index contributed by atoms with van der Waals surface area (Å²) in [6, 6.07) is 14.8. The number of nitrogens with one attached hydrogen (secondary N) is 4. The van der Waals surface area contributed by atoms with Crippen LogP contribution in [0, 0.1) is 0 Å². The third kappa shape index (κ3) is 18.8. The molecule has 0 fully saturated rings. The second-order valence-electron chi connectivity index (χ2n) is 23.8. The number of benzene rings is 2. The minimum Gasteiger partial charge on any atom is -0.459 e. The maximum atomic E-state index is 13.5. The fourth-order valence-corrected chi connectivity index (χ4v) is 11.1. The minimum atomic E-state index is -0.771. The first-order chi connectivity index (χ1) is 43.0. The second-order valence-corrected chi connectivity index (χ2v) is 27.7. The predicted molar refractivity (Wildman–Crippen MR) is 372 cm³/mol. The van der Waals surface area contributed by atoms with Crippen molar-refractivity contribution in [2.45, 2.75) is 118 Å². The van der Waals surface area contributed by atoms with E-state index < -0.39 is 28.4 Å². The van der Waals surface area contributed by atoms with E-state index in [9.17, 15) is 28.8 Å². The van der Waals surface area contributed by atoms with E-state index in [-0.39, 0.29) is 63.5 Å². The smallest absolute Gasteiger partial charge is 0.375 e. The van der Waals surface area contributed by atoms with Gasteiger partial charge in [-0.3, -0.25) is 14.4 Å². The molecule has 92 heavy (non-hydrogen) atoms. The number of aromatic amines is 3. The van der Waals surface area contributed by atoms with Gasteiger partial charge in [0.25, 0.3) is 16.9 Å². The van der Waals surface area contributed by atoms with Gasteiger partial charge in [0, 0.05) is 100 Å². The van der Waals surface area contributed by atoms with Crippen LogP contribution in [0.1, 0.15) is 132 Å². The van der Waals surface area contributed by atoms with Crippen LogP contribution in [0.15, 0.2) is 91.8 Å². The van der Waals surface area contributed by atoms with Gasteiger partial charge in [0.1, 0.15) is 16.9 Å². The first-order valence-corrected chi connectivity index (χ1v) is 32.6. The monoisotopic (exact) mass is 1480 g/mol. The molecule has 2 aliphatic rings. The van der Waals surface area contributed by atoms with Gasteiger partial charge in [0.15, 0.2) is 0 Å². The van der Waals surface area contributed by atoms with E-state index in [4.69, 9.17) is 108 Å². The van der Waals surface area contributed by atoms with Crippen LogP contribution in [0.4, 0.5) is 0 Å². The SMILES string of the molecule is CC(C)(CN)c1c[nH]c2ncc(Cl)cc12.CC(C)OC(=O)C(=O)CBr.CC(C)OC(=O)C1=CN(C(=O)c2ccc(Cl)c(Cl)c2)CC(C)(C)c2c1[nH]c1ncc(Cl)cc21.CC(C)OC(=O)C1=CNCC(C)(C)c2c1[nH]c1ncc(Cl)cc21.O=C(Cl)c1ccc(Cl)c(Cl)c1. The second kappa shape index (κ2) is 31.8. The number of amides is 1. The number of halogens is 9. The maximum Gasteiger partial charge on any atom is 0.375 e. The van der Waals surface area contributed by atoms with Gasteiger partial charge in [-0.1, -0.05) is 139 Å². The van der Waals surface area contributed by atoms with Gasteiger partial charge in [-0.25, -0.2) is 29.3 Å². The van der Waals surface area contributed by atoms with Gasteiger partial charge >= 0.3 is 17.9 Å². The first-order valence-electron chi connectivity index (χ1n) is 28.5. The van der Waals surface area contributed by atoms with E-state index in [1.807, 2.05) is 52.1 Å². The van der Waals surface area contributed by atoms with Crippen LogP contribution in [0.25, 0.3) is 44.2 Å². The zero-order valence-electron chi connectivity index (χ0n) is 52.2. The molecule has 0 radical (unpaired) electrons. The van der Waals surface area contributed by atoms with E-state index in [1.54, 1.807) is 64.6 Å². The normalized spacial score (nSPS) is 13.8. The molecule has 6 N–H and O–H groups in total. The summed E-state index contributed by atoms with van der Waals surface area (Å²) in [4.78, 5) is 94.9. The lowest BCUT2D eigenvalue weighted by molar-refractivity contribution is -0.155. The molecular weight excluding hydrogens is 1410 g/mol. The van der Waals surface area contributed by atoms with Gasteiger partial charge in [-0.2, -0.15) is 0 Å². The Morgan fingerprint density at radius 1 is 0.630 bits per heavy atom. The van der Waals surface area contributed by atoms with Crippen LogP contribution in [0.2, 0.25) is 35.2 Å². The number of ether oxygens (including phenoxy) is 3. The zero-order valence-corrected chi connectivity index (χ0v) is 59.8. The van der Waals surface area contributed by atoms with Crippen molar-refractivity contribution >= 4 is 188 Å². The van der Waals surface area contributed by atoms with Crippen LogP contribution in [0.3, 0.4) is 0 Å². The molecule has 27 heteroatoms. The molecule has 6 aromatic heterocycles. The summed E-state index contributed by atoms with van der Waals surface area (Å²) < 4.78 is 15.5. The van der Waals surface area contributed by atoms with Crippen LogP contribution in [-0.2, 0) is 49.6 Å². The molecule has 18 nitrogen and oxygen atoms in total. The van der Waals surface area contributed by atoms with Crippen molar-refractivity contribution in [3.05, 3.63) is 166 Å². The highest BCUT2D eigenvalue weighted by atomic mass is 79.9. The summed E-state index contributed by atoms with van der Waals surface area (Å²) in [5, 5.41) is 8.55. The van der Waals surface area contributed by atoms with E-state index >= 15 is 0 Å². The summed E-state index contributed by atoms with van der Waals surface area (Å²) in [5.41, 5.74) is 12.8. The fraction of sp³-hybridized carbons (Fsp3) is 0.338. The Bertz CT molecular complexity index is 4160. The van der Waals surface area contributed by atoms with Crippen molar-refractivity contribution < 1.29 is 43.0 Å². The van der Waals surface area contributed by atoms with Crippen LogP contribution >= 0.6 is 109 Å². The third-order valence-corrected chi connectivity index (χ3v) is 16.7. The van der Waals surface area contributed by atoms with Crippen molar-refractivity contribution in [1.29, 1.82) is 0 Å². The molecule has 0 bridgehead atoms. The molecular formula is C65H68BrCl8N9O9. The fourth-order valence-electron chi connectivity index (χ4n) is 9.64. The van der Waals surface area contributed by atoms with Crippen LogP contribution in [-0.4, -0.2) is 113 Å². The number of alkyl halides is 1.